The molecule has 2 rings (SSSR count). The van der Waals surface area contributed by atoms with Gasteiger partial charge < -0.3 is 10.6 Å². The SMILES string of the molecule is Cc1cccc(NCCC(=O)Nc2cccc(Br)c2)c1C. The summed E-state index contributed by atoms with van der Waals surface area (Å²) in [6, 6.07) is 13.7. The molecule has 2 N–H and O–H groups in total. The first-order valence-corrected chi connectivity index (χ1v) is 7.71. The van der Waals surface area contributed by atoms with E-state index in [0.717, 1.165) is 15.8 Å². The second kappa shape index (κ2) is 7.27. The number of hydrogen-bond acceptors (Lipinski definition) is 2. The summed E-state index contributed by atoms with van der Waals surface area (Å²) in [5.74, 6) is 0.00547. The lowest BCUT2D eigenvalue weighted by molar-refractivity contribution is -0.115. The highest BCUT2D eigenvalue weighted by Gasteiger charge is 2.04. The largest absolute Gasteiger partial charge is 0.384 e. The number of carbonyl (C=O) groups is 1. The molecule has 0 spiro atoms. The highest BCUT2D eigenvalue weighted by molar-refractivity contribution is 9.10. The molecule has 0 fully saturated rings. The highest BCUT2D eigenvalue weighted by Crippen LogP contribution is 2.18. The third-order valence-corrected chi connectivity index (χ3v) is 3.87. The second-order valence-electron chi connectivity index (χ2n) is 4.98. The Hall–Kier alpha value is -1.81. The summed E-state index contributed by atoms with van der Waals surface area (Å²) in [6.45, 7) is 4.78. The van der Waals surface area contributed by atoms with E-state index in [1.54, 1.807) is 0 Å². The van der Waals surface area contributed by atoms with Crippen molar-refractivity contribution < 1.29 is 4.79 Å². The van der Waals surface area contributed by atoms with E-state index in [9.17, 15) is 4.79 Å². The van der Waals surface area contributed by atoms with Crippen molar-refractivity contribution in [1.82, 2.24) is 0 Å². The molecule has 1 amide bonds. The number of aryl methyl sites for hydroxylation is 1. The number of rotatable bonds is 5. The van der Waals surface area contributed by atoms with E-state index < -0.39 is 0 Å². The maximum Gasteiger partial charge on any atom is 0.226 e. The molecule has 0 aliphatic rings. The molecule has 0 radical (unpaired) electrons. The zero-order valence-electron chi connectivity index (χ0n) is 12.2. The first kappa shape index (κ1) is 15.6. The molecular weight excluding hydrogens is 328 g/mol. The lowest BCUT2D eigenvalue weighted by Crippen LogP contribution is -2.16. The van der Waals surface area contributed by atoms with Crippen molar-refractivity contribution in [3.63, 3.8) is 0 Å². The summed E-state index contributed by atoms with van der Waals surface area (Å²) in [6.07, 6.45) is 0.430. The maximum atomic E-state index is 11.9. The Bertz CT molecular complexity index is 640. The van der Waals surface area contributed by atoms with Crippen LogP contribution in [0, 0.1) is 13.8 Å². The Balaban J connectivity index is 1.83. The van der Waals surface area contributed by atoms with Crippen molar-refractivity contribution in [3.05, 3.63) is 58.1 Å². The van der Waals surface area contributed by atoms with Gasteiger partial charge in [0, 0.05) is 28.8 Å². The van der Waals surface area contributed by atoms with Gasteiger partial charge in [0.1, 0.15) is 0 Å². The monoisotopic (exact) mass is 346 g/mol. The molecule has 0 saturated heterocycles. The van der Waals surface area contributed by atoms with Gasteiger partial charge >= 0.3 is 0 Å². The quantitative estimate of drug-likeness (QED) is 0.836. The third kappa shape index (κ3) is 4.60. The lowest BCUT2D eigenvalue weighted by atomic mass is 10.1. The van der Waals surface area contributed by atoms with Crippen molar-refractivity contribution in [2.24, 2.45) is 0 Å². The molecule has 2 aromatic carbocycles. The first-order chi connectivity index (χ1) is 10.1. The lowest BCUT2D eigenvalue weighted by Gasteiger charge is -2.11. The summed E-state index contributed by atoms with van der Waals surface area (Å²) in [4.78, 5) is 11.9. The van der Waals surface area contributed by atoms with Crippen molar-refractivity contribution in [3.8, 4) is 0 Å². The average Bonchev–Trinajstić information content (AvgIpc) is 2.43. The third-order valence-electron chi connectivity index (χ3n) is 3.38. The van der Waals surface area contributed by atoms with Gasteiger partial charge in [-0.25, -0.2) is 0 Å². The number of anilines is 2. The maximum absolute atomic E-state index is 11.9. The van der Waals surface area contributed by atoms with Crippen LogP contribution >= 0.6 is 15.9 Å². The molecule has 0 saturated carbocycles. The van der Waals surface area contributed by atoms with E-state index in [-0.39, 0.29) is 5.91 Å². The predicted octanol–water partition coefficient (Wildman–Crippen LogP) is 4.51. The van der Waals surface area contributed by atoms with Crippen molar-refractivity contribution in [2.75, 3.05) is 17.2 Å². The molecule has 110 valence electrons. The van der Waals surface area contributed by atoms with Gasteiger partial charge in [0.05, 0.1) is 0 Å². The van der Waals surface area contributed by atoms with E-state index in [4.69, 9.17) is 0 Å². The Morgan fingerprint density at radius 3 is 2.67 bits per heavy atom. The van der Waals surface area contributed by atoms with Crippen LogP contribution in [-0.2, 0) is 4.79 Å². The normalized spacial score (nSPS) is 10.2. The summed E-state index contributed by atoms with van der Waals surface area (Å²) in [5.41, 5.74) is 4.37. The standard InChI is InChI=1S/C17H19BrN2O/c1-12-5-3-8-16(13(12)2)19-10-9-17(21)20-15-7-4-6-14(18)11-15/h3-8,11,19H,9-10H2,1-2H3,(H,20,21). The zero-order valence-corrected chi connectivity index (χ0v) is 13.8. The van der Waals surface area contributed by atoms with Gasteiger partial charge in [0.25, 0.3) is 0 Å². The van der Waals surface area contributed by atoms with E-state index in [1.165, 1.54) is 11.1 Å². The van der Waals surface area contributed by atoms with E-state index in [2.05, 4.69) is 46.5 Å². The predicted molar refractivity (Wildman–Crippen MR) is 91.8 cm³/mol. The summed E-state index contributed by atoms with van der Waals surface area (Å²) >= 11 is 3.39. The summed E-state index contributed by atoms with van der Waals surface area (Å²) < 4.78 is 0.953. The van der Waals surface area contributed by atoms with Crippen molar-refractivity contribution in [2.45, 2.75) is 20.3 Å². The van der Waals surface area contributed by atoms with Crippen LogP contribution in [0.1, 0.15) is 17.5 Å². The molecule has 0 unspecified atom stereocenters. The number of amides is 1. The van der Waals surface area contributed by atoms with Gasteiger partial charge in [-0.1, -0.05) is 34.1 Å². The minimum absolute atomic E-state index is 0.00547. The minimum atomic E-state index is 0.00547. The Morgan fingerprint density at radius 2 is 1.90 bits per heavy atom. The van der Waals surface area contributed by atoms with Gasteiger partial charge in [-0.05, 0) is 49.2 Å². The molecule has 4 heteroatoms. The van der Waals surface area contributed by atoms with E-state index in [1.807, 2.05) is 36.4 Å². The molecule has 0 heterocycles. The highest BCUT2D eigenvalue weighted by atomic mass is 79.9. The average molecular weight is 347 g/mol. The summed E-state index contributed by atoms with van der Waals surface area (Å²) in [5, 5.41) is 6.20. The van der Waals surface area contributed by atoms with Crippen LogP contribution < -0.4 is 10.6 Å². The van der Waals surface area contributed by atoms with Crippen LogP contribution in [0.15, 0.2) is 46.9 Å². The fraction of sp³-hybridized carbons (Fsp3) is 0.235. The van der Waals surface area contributed by atoms with Crippen LogP contribution in [-0.4, -0.2) is 12.5 Å². The van der Waals surface area contributed by atoms with Gasteiger partial charge in [0.2, 0.25) is 5.91 Å². The van der Waals surface area contributed by atoms with Gasteiger partial charge in [-0.2, -0.15) is 0 Å². The minimum Gasteiger partial charge on any atom is -0.384 e. The molecule has 0 aromatic heterocycles. The van der Waals surface area contributed by atoms with Crippen molar-refractivity contribution >= 4 is 33.2 Å². The van der Waals surface area contributed by atoms with E-state index >= 15 is 0 Å². The van der Waals surface area contributed by atoms with E-state index in [0.29, 0.717) is 13.0 Å². The number of carbonyl (C=O) groups excluding carboxylic acids is 1. The molecule has 21 heavy (non-hydrogen) atoms. The fourth-order valence-electron chi connectivity index (χ4n) is 2.04. The number of halogens is 1. The molecule has 0 aliphatic carbocycles. The van der Waals surface area contributed by atoms with Crippen molar-refractivity contribution in [1.29, 1.82) is 0 Å². The molecule has 0 bridgehead atoms. The smallest absolute Gasteiger partial charge is 0.226 e. The van der Waals surface area contributed by atoms with Crippen LogP contribution in [0.25, 0.3) is 0 Å². The molecule has 3 nitrogen and oxygen atoms in total. The number of nitrogens with one attached hydrogen (secondary N) is 2. The van der Waals surface area contributed by atoms with Crippen LogP contribution in [0.5, 0.6) is 0 Å². The number of benzene rings is 2. The molecule has 0 atom stereocenters. The molecule has 2 aromatic rings. The summed E-state index contributed by atoms with van der Waals surface area (Å²) in [7, 11) is 0. The molecule has 0 aliphatic heterocycles. The molecular formula is C17H19BrN2O. The van der Waals surface area contributed by atoms with Crippen LogP contribution in [0.2, 0.25) is 0 Å². The van der Waals surface area contributed by atoms with Gasteiger partial charge in [0.15, 0.2) is 0 Å². The van der Waals surface area contributed by atoms with Crippen LogP contribution in [0.4, 0.5) is 11.4 Å². The second-order valence-corrected chi connectivity index (χ2v) is 5.90. The van der Waals surface area contributed by atoms with Gasteiger partial charge in [-0.3, -0.25) is 4.79 Å². The fourth-order valence-corrected chi connectivity index (χ4v) is 2.44. The van der Waals surface area contributed by atoms with Crippen LogP contribution in [0.3, 0.4) is 0 Å². The number of hydrogen-bond donors (Lipinski definition) is 2. The van der Waals surface area contributed by atoms with Gasteiger partial charge in [-0.15, -0.1) is 0 Å². The Kier molecular flexibility index (Phi) is 5.39. The first-order valence-electron chi connectivity index (χ1n) is 6.92. The Labute approximate surface area is 133 Å². The topological polar surface area (TPSA) is 41.1 Å². The zero-order chi connectivity index (χ0) is 15.2. The Morgan fingerprint density at radius 1 is 1.14 bits per heavy atom.